The van der Waals surface area contributed by atoms with Gasteiger partial charge in [0.05, 0.1) is 14.2 Å². The van der Waals surface area contributed by atoms with Crippen LogP contribution in [0.3, 0.4) is 0 Å². The lowest BCUT2D eigenvalue weighted by molar-refractivity contribution is -0.118. The van der Waals surface area contributed by atoms with E-state index in [1.54, 1.807) is 18.2 Å². The molecule has 0 radical (unpaired) electrons. The molecule has 0 aliphatic heterocycles. The summed E-state index contributed by atoms with van der Waals surface area (Å²) in [6.07, 6.45) is 0. The first-order chi connectivity index (χ1) is 10.2. The molecule has 0 heterocycles. The maximum atomic E-state index is 11.9. The molecular formula is C16H17NO4. The lowest BCUT2D eigenvalue weighted by Gasteiger charge is -2.13. The molecule has 2 aromatic rings. The van der Waals surface area contributed by atoms with Gasteiger partial charge in [0.25, 0.3) is 5.91 Å². The maximum Gasteiger partial charge on any atom is 0.262 e. The molecule has 5 nitrogen and oxygen atoms in total. The highest BCUT2D eigenvalue weighted by Gasteiger charge is 2.13. The van der Waals surface area contributed by atoms with Crippen LogP contribution in [0.4, 0.5) is 5.69 Å². The molecule has 0 aromatic heterocycles. The molecule has 0 spiro atoms. The number of methoxy groups -OCH3 is 2. The van der Waals surface area contributed by atoms with Crippen LogP contribution in [0.1, 0.15) is 0 Å². The zero-order valence-corrected chi connectivity index (χ0v) is 12.0. The molecule has 1 amide bonds. The Morgan fingerprint density at radius 3 is 2.14 bits per heavy atom. The molecule has 0 saturated heterocycles. The Balaban J connectivity index is 2.01. The van der Waals surface area contributed by atoms with Gasteiger partial charge in [-0.25, -0.2) is 0 Å². The van der Waals surface area contributed by atoms with E-state index >= 15 is 0 Å². The molecule has 0 bridgehead atoms. The third-order valence-corrected chi connectivity index (χ3v) is 2.79. The number of ether oxygens (including phenoxy) is 3. The van der Waals surface area contributed by atoms with E-state index in [2.05, 4.69) is 5.32 Å². The van der Waals surface area contributed by atoms with Crippen LogP contribution < -0.4 is 19.5 Å². The molecule has 0 aliphatic rings. The number of amides is 1. The fraction of sp³-hybridized carbons (Fsp3) is 0.188. The standard InChI is InChI=1S/C16H17NO4/c1-19-13-9-6-10-14(20-2)16(13)21-11-15(18)17-12-7-4-3-5-8-12/h3-10H,11H2,1-2H3,(H,17,18). The van der Waals surface area contributed by atoms with Gasteiger partial charge in [-0.1, -0.05) is 24.3 Å². The maximum absolute atomic E-state index is 11.9. The minimum absolute atomic E-state index is 0.133. The average molecular weight is 287 g/mol. The van der Waals surface area contributed by atoms with Crippen molar-refractivity contribution in [2.24, 2.45) is 0 Å². The van der Waals surface area contributed by atoms with E-state index in [1.807, 2.05) is 30.3 Å². The quantitative estimate of drug-likeness (QED) is 0.887. The monoisotopic (exact) mass is 287 g/mol. The molecule has 5 heteroatoms. The average Bonchev–Trinajstić information content (AvgIpc) is 2.53. The van der Waals surface area contributed by atoms with Crippen LogP contribution in [0.5, 0.6) is 17.2 Å². The Bertz CT molecular complexity index is 576. The number of carbonyl (C=O) groups is 1. The number of para-hydroxylation sites is 2. The van der Waals surface area contributed by atoms with E-state index in [0.717, 1.165) is 5.69 Å². The number of anilines is 1. The zero-order chi connectivity index (χ0) is 15.1. The van der Waals surface area contributed by atoms with E-state index < -0.39 is 0 Å². The summed E-state index contributed by atoms with van der Waals surface area (Å²) in [6, 6.07) is 14.5. The molecule has 0 unspecified atom stereocenters. The molecule has 110 valence electrons. The number of rotatable bonds is 6. The zero-order valence-electron chi connectivity index (χ0n) is 12.0. The van der Waals surface area contributed by atoms with Gasteiger partial charge in [-0.3, -0.25) is 4.79 Å². The molecule has 2 rings (SSSR count). The summed E-state index contributed by atoms with van der Waals surface area (Å²) in [5.74, 6) is 1.18. The van der Waals surface area contributed by atoms with Crippen molar-refractivity contribution in [2.75, 3.05) is 26.1 Å². The summed E-state index contributed by atoms with van der Waals surface area (Å²) >= 11 is 0. The molecule has 0 aliphatic carbocycles. The third-order valence-electron chi connectivity index (χ3n) is 2.79. The normalized spacial score (nSPS) is 9.81. The van der Waals surface area contributed by atoms with Gasteiger partial charge in [0, 0.05) is 5.69 Å². The minimum Gasteiger partial charge on any atom is -0.493 e. The highest BCUT2D eigenvalue weighted by molar-refractivity contribution is 5.91. The number of nitrogens with one attached hydrogen (secondary N) is 1. The number of hydrogen-bond acceptors (Lipinski definition) is 4. The van der Waals surface area contributed by atoms with Crippen LogP contribution >= 0.6 is 0 Å². The van der Waals surface area contributed by atoms with Gasteiger partial charge < -0.3 is 19.5 Å². The van der Waals surface area contributed by atoms with Gasteiger partial charge in [0.2, 0.25) is 5.75 Å². The van der Waals surface area contributed by atoms with Crippen LogP contribution in [-0.4, -0.2) is 26.7 Å². The second-order valence-electron chi connectivity index (χ2n) is 4.19. The highest BCUT2D eigenvalue weighted by Crippen LogP contribution is 2.36. The summed E-state index contributed by atoms with van der Waals surface area (Å²) < 4.78 is 15.9. The van der Waals surface area contributed by atoms with Gasteiger partial charge in [-0.05, 0) is 24.3 Å². The second kappa shape index (κ2) is 7.19. The van der Waals surface area contributed by atoms with Crippen molar-refractivity contribution in [1.82, 2.24) is 0 Å². The largest absolute Gasteiger partial charge is 0.493 e. The number of benzene rings is 2. The van der Waals surface area contributed by atoms with Crippen LogP contribution in [0.25, 0.3) is 0 Å². The van der Waals surface area contributed by atoms with Gasteiger partial charge in [0.1, 0.15) is 0 Å². The Hall–Kier alpha value is -2.69. The second-order valence-corrected chi connectivity index (χ2v) is 4.19. The van der Waals surface area contributed by atoms with Crippen molar-refractivity contribution in [2.45, 2.75) is 0 Å². The Morgan fingerprint density at radius 2 is 1.57 bits per heavy atom. The smallest absolute Gasteiger partial charge is 0.262 e. The van der Waals surface area contributed by atoms with Crippen molar-refractivity contribution in [3.05, 3.63) is 48.5 Å². The first kappa shape index (κ1) is 14.7. The lowest BCUT2D eigenvalue weighted by Crippen LogP contribution is -2.20. The fourth-order valence-corrected chi connectivity index (χ4v) is 1.82. The van der Waals surface area contributed by atoms with E-state index in [1.165, 1.54) is 14.2 Å². The van der Waals surface area contributed by atoms with E-state index in [4.69, 9.17) is 14.2 Å². The van der Waals surface area contributed by atoms with Crippen LogP contribution in [0, 0.1) is 0 Å². The Labute approximate surface area is 123 Å². The predicted octanol–water partition coefficient (Wildman–Crippen LogP) is 2.72. The van der Waals surface area contributed by atoms with Crippen molar-refractivity contribution in [3.63, 3.8) is 0 Å². The molecule has 21 heavy (non-hydrogen) atoms. The first-order valence-electron chi connectivity index (χ1n) is 6.43. The van der Waals surface area contributed by atoms with E-state index in [9.17, 15) is 4.79 Å². The molecule has 0 fully saturated rings. The Kier molecular flexibility index (Phi) is 5.04. The van der Waals surface area contributed by atoms with Crippen molar-refractivity contribution in [3.8, 4) is 17.2 Å². The molecule has 1 N–H and O–H groups in total. The van der Waals surface area contributed by atoms with Crippen molar-refractivity contribution >= 4 is 11.6 Å². The summed E-state index contributed by atoms with van der Waals surface area (Å²) in [6.45, 7) is -0.133. The molecule has 2 aromatic carbocycles. The lowest BCUT2D eigenvalue weighted by atomic mass is 10.3. The summed E-state index contributed by atoms with van der Waals surface area (Å²) in [5, 5.41) is 2.74. The van der Waals surface area contributed by atoms with E-state index in [0.29, 0.717) is 17.2 Å². The minimum atomic E-state index is -0.255. The Morgan fingerprint density at radius 1 is 0.952 bits per heavy atom. The van der Waals surface area contributed by atoms with Crippen LogP contribution in [0.2, 0.25) is 0 Å². The molecular weight excluding hydrogens is 270 g/mol. The first-order valence-corrected chi connectivity index (χ1v) is 6.43. The number of carbonyl (C=O) groups excluding carboxylic acids is 1. The SMILES string of the molecule is COc1cccc(OC)c1OCC(=O)Nc1ccccc1. The third kappa shape index (κ3) is 3.89. The topological polar surface area (TPSA) is 56.8 Å². The summed E-state index contributed by atoms with van der Waals surface area (Å²) in [5.41, 5.74) is 0.720. The molecule has 0 atom stereocenters. The predicted molar refractivity (Wildman–Crippen MR) is 80.1 cm³/mol. The van der Waals surface area contributed by atoms with Gasteiger partial charge in [0.15, 0.2) is 18.1 Å². The number of hydrogen-bond donors (Lipinski definition) is 1. The van der Waals surface area contributed by atoms with E-state index in [-0.39, 0.29) is 12.5 Å². The van der Waals surface area contributed by atoms with Gasteiger partial charge >= 0.3 is 0 Å². The van der Waals surface area contributed by atoms with Crippen molar-refractivity contribution < 1.29 is 19.0 Å². The summed E-state index contributed by atoms with van der Waals surface area (Å²) in [7, 11) is 3.07. The van der Waals surface area contributed by atoms with Gasteiger partial charge in [-0.15, -0.1) is 0 Å². The summed E-state index contributed by atoms with van der Waals surface area (Å²) in [4.78, 5) is 11.9. The van der Waals surface area contributed by atoms with Gasteiger partial charge in [-0.2, -0.15) is 0 Å². The van der Waals surface area contributed by atoms with Crippen LogP contribution in [0.15, 0.2) is 48.5 Å². The highest BCUT2D eigenvalue weighted by atomic mass is 16.5. The fourth-order valence-electron chi connectivity index (χ4n) is 1.82. The van der Waals surface area contributed by atoms with Crippen LogP contribution in [-0.2, 0) is 4.79 Å². The van der Waals surface area contributed by atoms with Crippen molar-refractivity contribution in [1.29, 1.82) is 0 Å². The molecule has 0 saturated carbocycles.